The molecule has 1 aromatic rings. The van der Waals surface area contributed by atoms with Crippen molar-refractivity contribution in [2.24, 2.45) is 10.7 Å². The lowest BCUT2D eigenvalue weighted by Gasteiger charge is -2.22. The molecular formula is C21H36N4O6S. The van der Waals surface area contributed by atoms with Crippen molar-refractivity contribution in [1.29, 1.82) is 0 Å². The number of nitrogens with zero attached hydrogens (tertiary/aromatic N) is 1. The highest BCUT2D eigenvalue weighted by atomic mass is 32.2. The van der Waals surface area contributed by atoms with Gasteiger partial charge in [-0.2, -0.15) is 0 Å². The summed E-state index contributed by atoms with van der Waals surface area (Å²) in [6.07, 6.45) is 0.256. The SMILES string of the molecule is COc1cc(C)c(S(=O)(=O)NC(N)=NCCC[C@@H](CO)NC(=O)OC(C)(C)C)c(C)c1C. The van der Waals surface area contributed by atoms with E-state index in [1.807, 2.05) is 0 Å². The van der Waals surface area contributed by atoms with E-state index in [1.54, 1.807) is 47.6 Å². The fourth-order valence-electron chi connectivity index (χ4n) is 3.09. The first-order valence-electron chi connectivity index (χ1n) is 10.3. The Bertz CT molecular complexity index is 939. The topological polar surface area (TPSA) is 152 Å². The van der Waals surface area contributed by atoms with Crippen LogP contribution in [-0.4, -0.2) is 57.5 Å². The first-order valence-corrected chi connectivity index (χ1v) is 11.8. The highest BCUT2D eigenvalue weighted by Crippen LogP contribution is 2.30. The number of aliphatic imine (C=N–C) groups is 1. The smallest absolute Gasteiger partial charge is 0.407 e. The molecule has 0 radical (unpaired) electrons. The largest absolute Gasteiger partial charge is 0.496 e. The van der Waals surface area contributed by atoms with Crippen molar-refractivity contribution in [2.45, 2.75) is 70.9 Å². The van der Waals surface area contributed by atoms with Crippen LogP contribution in [0.25, 0.3) is 0 Å². The van der Waals surface area contributed by atoms with Crippen LogP contribution in [0.15, 0.2) is 16.0 Å². The quantitative estimate of drug-likeness (QED) is 0.243. The second-order valence-corrected chi connectivity index (χ2v) is 10.1. The zero-order valence-electron chi connectivity index (χ0n) is 19.9. The number of carbonyl (C=O) groups excluding carboxylic acids is 1. The number of guanidine groups is 1. The minimum Gasteiger partial charge on any atom is -0.496 e. The van der Waals surface area contributed by atoms with Gasteiger partial charge in [0.25, 0.3) is 10.0 Å². The predicted octanol–water partition coefficient (Wildman–Crippen LogP) is 1.88. The van der Waals surface area contributed by atoms with Gasteiger partial charge in [-0.1, -0.05) is 0 Å². The molecule has 0 saturated carbocycles. The van der Waals surface area contributed by atoms with Gasteiger partial charge in [0.05, 0.1) is 24.7 Å². The van der Waals surface area contributed by atoms with Crippen molar-refractivity contribution >= 4 is 22.1 Å². The van der Waals surface area contributed by atoms with E-state index in [0.717, 1.165) is 5.56 Å². The molecule has 0 bridgehead atoms. The number of amides is 1. The van der Waals surface area contributed by atoms with Crippen molar-refractivity contribution in [3.05, 3.63) is 22.8 Å². The Morgan fingerprint density at radius 1 is 1.25 bits per heavy atom. The average Bonchev–Trinajstić information content (AvgIpc) is 2.64. The number of ether oxygens (including phenoxy) is 2. The fraction of sp³-hybridized carbons (Fsp3) is 0.619. The van der Waals surface area contributed by atoms with Gasteiger partial charge in [0.2, 0.25) is 5.96 Å². The Morgan fingerprint density at radius 3 is 2.41 bits per heavy atom. The maximum absolute atomic E-state index is 12.9. The van der Waals surface area contributed by atoms with Crippen LogP contribution in [-0.2, 0) is 14.8 Å². The van der Waals surface area contributed by atoms with Gasteiger partial charge in [-0.25, -0.2) is 17.9 Å². The molecule has 1 rings (SSSR count). The molecule has 0 aliphatic rings. The number of nitrogens with one attached hydrogen (secondary N) is 2. The molecule has 0 aromatic heterocycles. The number of carbonyl (C=O) groups is 1. The minimum absolute atomic E-state index is 0.135. The van der Waals surface area contributed by atoms with Gasteiger partial charge in [0.1, 0.15) is 11.4 Å². The Hall–Kier alpha value is -2.53. The molecule has 0 spiro atoms. The Kier molecular flexibility index (Phi) is 9.77. The van der Waals surface area contributed by atoms with Crippen LogP contribution in [0.3, 0.4) is 0 Å². The van der Waals surface area contributed by atoms with Crippen LogP contribution < -0.4 is 20.5 Å². The van der Waals surface area contributed by atoms with Gasteiger partial charge in [0.15, 0.2) is 0 Å². The number of alkyl carbamates (subject to hydrolysis) is 1. The summed E-state index contributed by atoms with van der Waals surface area (Å²) < 4.78 is 38.4. The average molecular weight is 473 g/mol. The van der Waals surface area contributed by atoms with E-state index in [-0.39, 0.29) is 24.0 Å². The molecule has 0 unspecified atom stereocenters. The predicted molar refractivity (Wildman–Crippen MR) is 123 cm³/mol. The number of hydrogen-bond acceptors (Lipinski definition) is 7. The number of aryl methyl sites for hydroxylation is 1. The minimum atomic E-state index is -3.93. The maximum atomic E-state index is 12.9. The first kappa shape index (κ1) is 27.5. The number of sulfonamides is 1. The van der Waals surface area contributed by atoms with E-state index in [4.69, 9.17) is 15.2 Å². The summed E-state index contributed by atoms with van der Waals surface area (Å²) >= 11 is 0. The normalized spacial score (nSPS) is 13.4. The zero-order valence-corrected chi connectivity index (χ0v) is 20.7. The summed E-state index contributed by atoms with van der Waals surface area (Å²) in [6, 6.07) is 1.15. The second-order valence-electron chi connectivity index (χ2n) is 8.52. The summed E-state index contributed by atoms with van der Waals surface area (Å²) in [6.45, 7) is 10.4. The van der Waals surface area contributed by atoms with E-state index in [2.05, 4.69) is 15.0 Å². The van der Waals surface area contributed by atoms with Gasteiger partial charge in [-0.3, -0.25) is 4.99 Å². The van der Waals surface area contributed by atoms with Gasteiger partial charge in [-0.15, -0.1) is 0 Å². The van der Waals surface area contributed by atoms with Crippen LogP contribution >= 0.6 is 0 Å². The Balaban J connectivity index is 2.73. The molecule has 1 atom stereocenters. The van der Waals surface area contributed by atoms with Gasteiger partial charge in [-0.05, 0) is 77.1 Å². The monoisotopic (exact) mass is 472 g/mol. The molecule has 0 aliphatic carbocycles. The molecule has 0 aliphatic heterocycles. The van der Waals surface area contributed by atoms with Crippen LogP contribution in [0, 0.1) is 20.8 Å². The molecule has 1 amide bonds. The van der Waals surface area contributed by atoms with Crippen LogP contribution in [0.2, 0.25) is 0 Å². The van der Waals surface area contributed by atoms with E-state index >= 15 is 0 Å². The van der Waals surface area contributed by atoms with Crippen molar-refractivity contribution in [2.75, 3.05) is 20.3 Å². The van der Waals surface area contributed by atoms with Gasteiger partial charge >= 0.3 is 6.09 Å². The third-order valence-electron chi connectivity index (χ3n) is 4.64. The molecule has 11 heteroatoms. The molecule has 1 aromatic carbocycles. The number of methoxy groups -OCH3 is 1. The van der Waals surface area contributed by atoms with E-state index in [9.17, 15) is 18.3 Å². The number of aliphatic hydroxyl groups is 1. The molecule has 5 N–H and O–H groups in total. The number of rotatable bonds is 9. The first-order chi connectivity index (χ1) is 14.7. The van der Waals surface area contributed by atoms with Gasteiger partial charge in [0, 0.05) is 6.54 Å². The molecule has 32 heavy (non-hydrogen) atoms. The van der Waals surface area contributed by atoms with Crippen molar-refractivity contribution in [1.82, 2.24) is 10.0 Å². The number of nitrogens with two attached hydrogens (primary N) is 1. The second kappa shape index (κ2) is 11.4. The lowest BCUT2D eigenvalue weighted by atomic mass is 10.1. The molecule has 0 fully saturated rings. The van der Waals surface area contributed by atoms with Crippen LogP contribution in [0.5, 0.6) is 5.75 Å². The number of benzene rings is 1. The summed E-state index contributed by atoms with van der Waals surface area (Å²) in [5, 5.41) is 12.0. The van der Waals surface area contributed by atoms with E-state index in [0.29, 0.717) is 29.7 Å². The van der Waals surface area contributed by atoms with E-state index in [1.165, 1.54) is 7.11 Å². The molecule has 0 saturated heterocycles. The summed E-state index contributed by atoms with van der Waals surface area (Å²) in [4.78, 5) is 16.0. The molecule has 182 valence electrons. The lowest BCUT2D eigenvalue weighted by Crippen LogP contribution is -2.41. The Labute approximate surface area is 190 Å². The highest BCUT2D eigenvalue weighted by molar-refractivity contribution is 7.90. The zero-order chi connectivity index (χ0) is 24.7. The Morgan fingerprint density at radius 2 is 1.88 bits per heavy atom. The van der Waals surface area contributed by atoms with E-state index < -0.39 is 27.8 Å². The summed E-state index contributed by atoms with van der Waals surface area (Å²) in [5.74, 6) is 0.372. The number of aliphatic hydroxyl groups excluding tert-OH is 1. The van der Waals surface area contributed by atoms with Crippen molar-refractivity contribution in [3.8, 4) is 5.75 Å². The van der Waals surface area contributed by atoms with Crippen molar-refractivity contribution in [3.63, 3.8) is 0 Å². The third-order valence-corrected chi connectivity index (χ3v) is 6.28. The van der Waals surface area contributed by atoms with Gasteiger partial charge < -0.3 is 25.6 Å². The summed E-state index contributed by atoms with van der Waals surface area (Å²) in [5.41, 5.74) is 6.97. The molecular weight excluding hydrogens is 436 g/mol. The third kappa shape index (κ3) is 8.19. The van der Waals surface area contributed by atoms with Crippen LogP contribution in [0.1, 0.15) is 50.3 Å². The van der Waals surface area contributed by atoms with Crippen molar-refractivity contribution < 1.29 is 27.8 Å². The number of hydrogen-bond donors (Lipinski definition) is 4. The standard InChI is InChI=1S/C21H36N4O6S/c1-13-11-17(30-7)14(2)15(3)18(13)32(28,29)25-19(22)23-10-8-9-16(12-26)24-20(27)31-21(4,5)6/h11,16,26H,8-10,12H2,1-7H3,(H,24,27)(H3,22,23,25)/t16-/m0/s1. The summed E-state index contributed by atoms with van der Waals surface area (Å²) in [7, 11) is -2.40. The molecule has 10 nitrogen and oxygen atoms in total. The fourth-order valence-corrected chi connectivity index (χ4v) is 4.57. The maximum Gasteiger partial charge on any atom is 0.407 e. The van der Waals surface area contributed by atoms with Crippen LogP contribution in [0.4, 0.5) is 4.79 Å². The highest BCUT2D eigenvalue weighted by Gasteiger charge is 2.23. The molecule has 0 heterocycles. The lowest BCUT2D eigenvalue weighted by molar-refractivity contribution is 0.0478.